The summed E-state index contributed by atoms with van der Waals surface area (Å²) in [5.41, 5.74) is 2.40. The summed E-state index contributed by atoms with van der Waals surface area (Å²) in [6.45, 7) is 5.75. The number of carbonyl (C=O) groups excluding carboxylic acids is 3. The number of amides is 3. The van der Waals surface area contributed by atoms with Gasteiger partial charge in [0.25, 0.3) is 0 Å². The summed E-state index contributed by atoms with van der Waals surface area (Å²) in [6, 6.07) is 39.4. The van der Waals surface area contributed by atoms with Gasteiger partial charge >= 0.3 is 7.82 Å². The molecule has 0 aliphatic heterocycles. The fourth-order valence-electron chi connectivity index (χ4n) is 9.37. The van der Waals surface area contributed by atoms with E-state index in [4.69, 9.17) is 13.6 Å². The average molecular weight is 984 g/mol. The number of fused-ring (bicyclic) bond motifs is 3. The number of phosphoric acid groups is 1. The number of hydrogen-bond donors (Lipinski definition) is 3. The Labute approximate surface area is 423 Å². The normalized spacial score (nSPS) is 13.7. The molecular formula is C60H78N3O7P. The maximum atomic E-state index is 15.7. The number of benzene rings is 6. The van der Waals surface area contributed by atoms with Crippen molar-refractivity contribution in [3.8, 4) is 0 Å². The van der Waals surface area contributed by atoms with Crippen LogP contribution in [-0.2, 0) is 32.5 Å². The first-order chi connectivity index (χ1) is 34.7. The molecule has 0 aromatic heterocycles. The molecule has 6 aromatic carbocycles. The van der Waals surface area contributed by atoms with Crippen LogP contribution in [0.1, 0.15) is 171 Å². The second kappa shape index (κ2) is 29.8. The van der Waals surface area contributed by atoms with Crippen molar-refractivity contribution >= 4 is 57.9 Å². The molecular weight excluding hydrogens is 906 g/mol. The third-order valence-corrected chi connectivity index (χ3v) is 14.7. The topological polar surface area (TPSA) is 132 Å². The second-order valence-corrected chi connectivity index (χ2v) is 20.6. The molecule has 0 radical (unpaired) electrons. The van der Waals surface area contributed by atoms with Gasteiger partial charge in [-0.25, -0.2) is 4.57 Å². The quantitative estimate of drug-likeness (QED) is 0.0276. The summed E-state index contributed by atoms with van der Waals surface area (Å²) in [4.78, 5) is 41.3. The molecule has 380 valence electrons. The third kappa shape index (κ3) is 17.4. The van der Waals surface area contributed by atoms with E-state index in [2.05, 4.69) is 36.7 Å². The van der Waals surface area contributed by atoms with Gasteiger partial charge in [-0.15, -0.1) is 0 Å². The van der Waals surface area contributed by atoms with Gasteiger partial charge < -0.3 is 16.0 Å². The fourth-order valence-corrected chi connectivity index (χ4v) is 10.6. The summed E-state index contributed by atoms with van der Waals surface area (Å²) in [5, 5.41) is 15.4. The molecule has 0 aliphatic rings. The number of hydrogen-bond acceptors (Lipinski definition) is 7. The molecule has 3 atom stereocenters. The molecule has 0 aliphatic carbocycles. The highest BCUT2D eigenvalue weighted by molar-refractivity contribution is 7.48. The van der Waals surface area contributed by atoms with Gasteiger partial charge in [0.1, 0.15) is 0 Å². The van der Waals surface area contributed by atoms with E-state index in [1.165, 1.54) is 0 Å². The third-order valence-electron chi connectivity index (χ3n) is 13.3. The Hall–Kier alpha value is -5.38. The van der Waals surface area contributed by atoms with Crippen molar-refractivity contribution in [3.63, 3.8) is 0 Å². The van der Waals surface area contributed by atoms with Gasteiger partial charge in [-0.2, -0.15) is 0 Å². The Balaban J connectivity index is 1.34. The van der Waals surface area contributed by atoms with Crippen LogP contribution in [0.5, 0.6) is 0 Å². The molecule has 6 aromatic rings. The molecule has 0 saturated carbocycles. The van der Waals surface area contributed by atoms with Gasteiger partial charge in [0, 0.05) is 19.3 Å². The van der Waals surface area contributed by atoms with E-state index >= 15 is 4.57 Å². The average Bonchev–Trinajstić information content (AvgIpc) is 3.39. The summed E-state index contributed by atoms with van der Waals surface area (Å²) >= 11 is 0. The van der Waals surface area contributed by atoms with Crippen molar-refractivity contribution < 1.29 is 32.5 Å². The summed E-state index contributed by atoms with van der Waals surface area (Å²) < 4.78 is 35.1. The second-order valence-electron chi connectivity index (χ2n) is 18.9. The molecule has 0 spiro atoms. The molecule has 3 amide bonds. The predicted octanol–water partition coefficient (Wildman–Crippen LogP) is 15.3. The fraction of sp³-hybridized carbons (Fsp3) is 0.450. The summed E-state index contributed by atoms with van der Waals surface area (Å²) in [6.07, 6.45) is 16.0. The van der Waals surface area contributed by atoms with Crippen LogP contribution >= 0.6 is 7.82 Å². The predicted molar refractivity (Wildman–Crippen MR) is 290 cm³/mol. The van der Waals surface area contributed by atoms with Crippen LogP contribution < -0.4 is 16.0 Å². The highest BCUT2D eigenvalue weighted by atomic mass is 31.2. The standard InChI is InChI=1S/C60H78N3O7P/c1-4-7-10-13-16-40-58(64)61-55(52-37-25-31-46-28-19-22-34-49(46)52)43-68-71(67,69-44-56(62-59(65)41-17-14-11-8-5-2)53-38-26-32-47-29-20-23-35-50(47)53)70-45-57(63-60(66)42-18-15-12-9-6-3)54-39-27-33-48-30-21-24-36-51(48)54/h19-39,55-57H,4-18,40-45H2,1-3H3,(H,61,64)(H,62,65)(H,63,66). The lowest BCUT2D eigenvalue weighted by atomic mass is 9.99. The van der Waals surface area contributed by atoms with E-state index < -0.39 is 25.9 Å². The Morgan fingerprint density at radius 3 is 0.944 bits per heavy atom. The van der Waals surface area contributed by atoms with Gasteiger partial charge in [0.05, 0.1) is 37.9 Å². The lowest BCUT2D eigenvalue weighted by molar-refractivity contribution is -0.122. The van der Waals surface area contributed by atoms with Crippen LogP contribution in [0.15, 0.2) is 127 Å². The number of unbranched alkanes of at least 4 members (excludes halogenated alkanes) is 12. The van der Waals surface area contributed by atoms with E-state index in [1.807, 2.05) is 127 Å². The van der Waals surface area contributed by atoms with E-state index in [1.54, 1.807) is 0 Å². The Bertz CT molecular complexity index is 2340. The number of nitrogens with one attached hydrogen (secondary N) is 3. The largest absolute Gasteiger partial charge is 0.475 e. The van der Waals surface area contributed by atoms with Gasteiger partial charge in [-0.3, -0.25) is 28.0 Å². The first kappa shape index (κ1) is 54.9. The minimum Gasteiger partial charge on any atom is -0.347 e. The van der Waals surface area contributed by atoms with Gasteiger partial charge in [-0.05, 0) is 68.3 Å². The van der Waals surface area contributed by atoms with Crippen LogP contribution in [0.2, 0.25) is 0 Å². The first-order valence-corrected chi connectivity index (χ1v) is 28.0. The highest BCUT2D eigenvalue weighted by Gasteiger charge is 2.34. The smallest absolute Gasteiger partial charge is 0.347 e. The van der Waals surface area contributed by atoms with Crippen LogP contribution in [0.4, 0.5) is 0 Å². The molecule has 0 fully saturated rings. The number of rotatable bonds is 33. The van der Waals surface area contributed by atoms with Crippen molar-refractivity contribution in [2.45, 2.75) is 154 Å². The van der Waals surface area contributed by atoms with Crippen molar-refractivity contribution in [1.29, 1.82) is 0 Å². The maximum absolute atomic E-state index is 15.7. The zero-order chi connectivity index (χ0) is 50.1. The molecule has 0 bridgehead atoms. The Kier molecular flexibility index (Phi) is 23.1. The van der Waals surface area contributed by atoms with E-state index in [9.17, 15) is 14.4 Å². The first-order valence-electron chi connectivity index (χ1n) is 26.6. The number of phosphoric ester groups is 1. The van der Waals surface area contributed by atoms with Gasteiger partial charge in [0.15, 0.2) is 0 Å². The van der Waals surface area contributed by atoms with Crippen LogP contribution in [-0.4, -0.2) is 37.5 Å². The molecule has 6 rings (SSSR count). The lowest BCUT2D eigenvalue weighted by Gasteiger charge is -2.28. The lowest BCUT2D eigenvalue weighted by Crippen LogP contribution is -2.33. The minimum absolute atomic E-state index is 0.137. The zero-order valence-electron chi connectivity index (χ0n) is 42.5. The molecule has 11 heteroatoms. The molecule has 10 nitrogen and oxygen atoms in total. The molecule has 3 unspecified atom stereocenters. The van der Waals surface area contributed by atoms with Crippen molar-refractivity contribution in [2.75, 3.05) is 19.8 Å². The van der Waals surface area contributed by atoms with Gasteiger partial charge in [-0.1, -0.05) is 225 Å². The monoisotopic (exact) mass is 984 g/mol. The van der Waals surface area contributed by atoms with Crippen molar-refractivity contribution in [2.24, 2.45) is 0 Å². The Morgan fingerprint density at radius 2 is 0.648 bits per heavy atom. The molecule has 3 N–H and O–H groups in total. The van der Waals surface area contributed by atoms with Crippen molar-refractivity contribution in [1.82, 2.24) is 16.0 Å². The molecule has 0 heterocycles. The minimum atomic E-state index is -4.61. The van der Waals surface area contributed by atoms with E-state index in [0.29, 0.717) is 19.3 Å². The van der Waals surface area contributed by atoms with Crippen molar-refractivity contribution in [3.05, 3.63) is 144 Å². The van der Waals surface area contributed by atoms with E-state index in [0.717, 1.165) is 145 Å². The van der Waals surface area contributed by atoms with Crippen LogP contribution in [0.25, 0.3) is 32.3 Å². The summed E-state index contributed by atoms with van der Waals surface area (Å²) in [7, 11) is -4.61. The zero-order valence-corrected chi connectivity index (χ0v) is 43.4. The van der Waals surface area contributed by atoms with E-state index in [-0.39, 0.29) is 37.5 Å². The van der Waals surface area contributed by atoms with Crippen LogP contribution in [0, 0.1) is 0 Å². The number of carbonyl (C=O) groups is 3. The Morgan fingerprint density at radius 1 is 0.380 bits per heavy atom. The van der Waals surface area contributed by atoms with Crippen LogP contribution in [0.3, 0.4) is 0 Å². The highest BCUT2D eigenvalue weighted by Crippen LogP contribution is 2.52. The molecule has 0 saturated heterocycles. The summed E-state index contributed by atoms with van der Waals surface area (Å²) in [5.74, 6) is -0.412. The SMILES string of the molecule is CCCCCCCC(=O)NC(COP(=O)(OCC(NC(=O)CCCCCCC)c1cccc2ccccc12)OCC(NC(=O)CCCCCCC)c1cccc2ccccc12)c1cccc2ccccc12. The van der Waals surface area contributed by atoms with Gasteiger partial charge in [0.2, 0.25) is 17.7 Å². The maximum Gasteiger partial charge on any atom is 0.475 e. The molecule has 71 heavy (non-hydrogen) atoms.